The minimum Gasteiger partial charge on any atom is -0.494 e. The third kappa shape index (κ3) is 9.35. The van der Waals surface area contributed by atoms with Gasteiger partial charge in [0.05, 0.1) is 18.6 Å². The Kier molecular flexibility index (Phi) is 11.3. The van der Waals surface area contributed by atoms with Gasteiger partial charge < -0.3 is 15.0 Å². The molecule has 3 aromatic rings. The van der Waals surface area contributed by atoms with E-state index in [2.05, 4.69) is 5.32 Å². The van der Waals surface area contributed by atoms with Crippen LogP contribution in [-0.2, 0) is 32.6 Å². The van der Waals surface area contributed by atoms with Gasteiger partial charge in [0.1, 0.15) is 18.3 Å². The number of ether oxygens (including phenoxy) is 1. The molecule has 0 aliphatic heterocycles. The van der Waals surface area contributed by atoms with E-state index < -0.39 is 28.5 Å². The van der Waals surface area contributed by atoms with Crippen LogP contribution >= 0.6 is 0 Å². The van der Waals surface area contributed by atoms with Crippen molar-refractivity contribution in [1.29, 1.82) is 0 Å². The fourth-order valence-electron chi connectivity index (χ4n) is 4.49. The average molecular weight is 580 g/mol. The monoisotopic (exact) mass is 579 g/mol. The molecule has 0 aliphatic carbocycles. The highest BCUT2D eigenvalue weighted by Gasteiger charge is 2.33. The summed E-state index contributed by atoms with van der Waals surface area (Å²) in [5, 5.41) is 3.04. The van der Waals surface area contributed by atoms with Crippen molar-refractivity contribution in [1.82, 2.24) is 10.2 Å². The summed E-state index contributed by atoms with van der Waals surface area (Å²) in [6.45, 7) is 7.89. The molecule has 3 rings (SSSR count). The zero-order valence-electron chi connectivity index (χ0n) is 24.5. The number of hydrogen-bond acceptors (Lipinski definition) is 5. The lowest BCUT2D eigenvalue weighted by Crippen LogP contribution is -2.54. The van der Waals surface area contributed by atoms with Gasteiger partial charge in [-0.3, -0.25) is 13.9 Å². The number of carbonyl (C=O) groups excluding carboxylic acids is 2. The second-order valence-electron chi connectivity index (χ2n) is 10.2. The summed E-state index contributed by atoms with van der Waals surface area (Å²) in [6.07, 6.45) is 2.08. The molecule has 0 bridgehead atoms. The Morgan fingerprint density at radius 1 is 0.927 bits per heavy atom. The molecule has 0 fully saturated rings. The van der Waals surface area contributed by atoms with Crippen LogP contribution < -0.4 is 14.4 Å². The summed E-state index contributed by atoms with van der Waals surface area (Å²) in [4.78, 5) is 29.4. The molecule has 0 saturated carbocycles. The van der Waals surface area contributed by atoms with Crippen molar-refractivity contribution >= 4 is 27.5 Å². The normalized spacial score (nSPS) is 12.7. The first-order chi connectivity index (χ1) is 19.5. The van der Waals surface area contributed by atoms with E-state index in [-0.39, 0.29) is 24.9 Å². The summed E-state index contributed by atoms with van der Waals surface area (Å²) in [7, 11) is -3.83. The molecule has 0 saturated heterocycles. The molecule has 0 unspecified atom stereocenters. The van der Waals surface area contributed by atoms with Gasteiger partial charge in [-0.1, -0.05) is 67.1 Å². The van der Waals surface area contributed by atoms with Gasteiger partial charge in [-0.15, -0.1) is 0 Å². The van der Waals surface area contributed by atoms with Crippen molar-refractivity contribution in [2.24, 2.45) is 0 Å². The molecule has 0 radical (unpaired) electrons. The van der Waals surface area contributed by atoms with Crippen molar-refractivity contribution in [2.75, 3.05) is 23.7 Å². The van der Waals surface area contributed by atoms with Crippen molar-refractivity contribution in [3.8, 4) is 5.75 Å². The number of nitrogens with zero attached hydrogens (tertiary/aromatic N) is 2. The molecular weight excluding hydrogens is 538 g/mol. The minimum atomic E-state index is -3.83. The maximum absolute atomic E-state index is 14.1. The maximum Gasteiger partial charge on any atom is 0.244 e. The van der Waals surface area contributed by atoms with E-state index >= 15 is 0 Å². The largest absolute Gasteiger partial charge is 0.494 e. The van der Waals surface area contributed by atoms with Gasteiger partial charge in [0.25, 0.3) is 0 Å². The lowest BCUT2D eigenvalue weighted by molar-refractivity contribution is -0.140. The van der Waals surface area contributed by atoms with Crippen molar-refractivity contribution in [3.63, 3.8) is 0 Å². The summed E-state index contributed by atoms with van der Waals surface area (Å²) in [6, 6.07) is 22.9. The van der Waals surface area contributed by atoms with Crippen LogP contribution in [0.15, 0.2) is 78.9 Å². The molecule has 220 valence electrons. The van der Waals surface area contributed by atoms with Crippen LogP contribution in [0.25, 0.3) is 0 Å². The number of carbonyl (C=O) groups is 2. The van der Waals surface area contributed by atoms with Crippen LogP contribution in [0.4, 0.5) is 5.69 Å². The Morgan fingerprint density at radius 2 is 1.59 bits per heavy atom. The Hall–Kier alpha value is -3.85. The first-order valence-electron chi connectivity index (χ1n) is 13.9. The molecule has 0 spiro atoms. The van der Waals surface area contributed by atoms with E-state index in [4.69, 9.17) is 4.74 Å². The van der Waals surface area contributed by atoms with E-state index in [9.17, 15) is 18.0 Å². The van der Waals surface area contributed by atoms with Gasteiger partial charge in [-0.25, -0.2) is 8.42 Å². The van der Waals surface area contributed by atoms with Crippen LogP contribution in [0.2, 0.25) is 0 Å². The average Bonchev–Trinajstić information content (AvgIpc) is 2.94. The number of anilines is 1. The summed E-state index contributed by atoms with van der Waals surface area (Å²) >= 11 is 0. The molecule has 41 heavy (non-hydrogen) atoms. The second-order valence-corrected chi connectivity index (χ2v) is 12.1. The predicted molar refractivity (Wildman–Crippen MR) is 163 cm³/mol. The zero-order valence-corrected chi connectivity index (χ0v) is 25.4. The summed E-state index contributed by atoms with van der Waals surface area (Å²) in [5.41, 5.74) is 3.10. The third-order valence-electron chi connectivity index (χ3n) is 6.82. The topological polar surface area (TPSA) is 96.0 Å². The molecule has 9 heteroatoms. The molecule has 2 amide bonds. The Bertz CT molecular complexity index is 1390. The Labute approximate surface area is 244 Å². The zero-order chi connectivity index (χ0) is 30.0. The van der Waals surface area contributed by atoms with E-state index in [1.807, 2.05) is 82.3 Å². The molecule has 1 N–H and O–H groups in total. The highest BCUT2D eigenvalue weighted by Crippen LogP contribution is 2.23. The van der Waals surface area contributed by atoms with Crippen molar-refractivity contribution < 1.29 is 22.7 Å². The number of amides is 2. The lowest BCUT2D eigenvalue weighted by atomic mass is 10.0. The highest BCUT2D eigenvalue weighted by atomic mass is 32.2. The lowest BCUT2D eigenvalue weighted by Gasteiger charge is -2.34. The molecule has 8 nitrogen and oxygen atoms in total. The summed E-state index contributed by atoms with van der Waals surface area (Å²) in [5.74, 6) is -0.163. The van der Waals surface area contributed by atoms with Gasteiger partial charge in [-0.05, 0) is 62.6 Å². The third-order valence-corrected chi connectivity index (χ3v) is 7.96. The van der Waals surface area contributed by atoms with Crippen molar-refractivity contribution in [2.45, 2.75) is 59.2 Å². The first-order valence-corrected chi connectivity index (χ1v) is 15.8. The SMILES string of the molecule is CCOc1ccc(N(CC(=O)N(Cc2cccc(C)c2)[C@H](Cc2ccccc2)C(=O)N[C@H](C)CC)S(C)(=O)=O)cc1. The van der Waals surface area contributed by atoms with E-state index in [1.165, 1.54) is 4.90 Å². The number of nitrogens with one attached hydrogen (secondary N) is 1. The Morgan fingerprint density at radius 3 is 2.17 bits per heavy atom. The highest BCUT2D eigenvalue weighted by molar-refractivity contribution is 7.92. The molecule has 2 atom stereocenters. The standard InChI is InChI=1S/C32H41N3O5S/c1-6-25(4)33-32(37)30(21-26-13-9-8-10-14-26)34(22-27-15-11-12-24(3)20-27)31(36)23-35(41(5,38)39)28-16-18-29(19-17-28)40-7-2/h8-20,25,30H,6-7,21-23H2,1-5H3,(H,33,37)/t25-,30-/m1/s1. The van der Waals surface area contributed by atoms with Gasteiger partial charge in [-0.2, -0.15) is 0 Å². The number of rotatable bonds is 14. The van der Waals surface area contributed by atoms with E-state index in [0.717, 1.165) is 33.7 Å². The fraction of sp³-hybridized carbons (Fsp3) is 0.375. The minimum absolute atomic E-state index is 0.0898. The van der Waals surface area contributed by atoms with E-state index in [0.29, 0.717) is 18.0 Å². The van der Waals surface area contributed by atoms with Gasteiger partial charge in [0.2, 0.25) is 21.8 Å². The first kappa shape index (κ1) is 31.7. The van der Waals surface area contributed by atoms with Crippen LogP contribution in [0.5, 0.6) is 5.75 Å². The number of aryl methyl sites for hydroxylation is 1. The maximum atomic E-state index is 14.1. The summed E-state index contributed by atoms with van der Waals surface area (Å²) < 4.78 is 32.4. The van der Waals surface area contributed by atoms with Crippen LogP contribution in [-0.4, -0.2) is 56.6 Å². The molecule has 3 aromatic carbocycles. The van der Waals surface area contributed by atoms with Crippen LogP contribution in [0.1, 0.15) is 43.9 Å². The van der Waals surface area contributed by atoms with E-state index in [1.54, 1.807) is 24.3 Å². The molecular formula is C32H41N3O5S. The fourth-order valence-corrected chi connectivity index (χ4v) is 5.34. The second kappa shape index (κ2) is 14.7. The van der Waals surface area contributed by atoms with Gasteiger partial charge in [0.15, 0.2) is 0 Å². The number of sulfonamides is 1. The van der Waals surface area contributed by atoms with Gasteiger partial charge in [0, 0.05) is 19.0 Å². The van der Waals surface area contributed by atoms with Crippen LogP contribution in [0.3, 0.4) is 0 Å². The Balaban J connectivity index is 2.04. The van der Waals surface area contributed by atoms with Crippen LogP contribution in [0, 0.1) is 6.92 Å². The number of hydrogen-bond donors (Lipinski definition) is 1. The smallest absolute Gasteiger partial charge is 0.244 e. The molecule has 0 heterocycles. The van der Waals surface area contributed by atoms with Crippen molar-refractivity contribution in [3.05, 3.63) is 95.6 Å². The predicted octanol–water partition coefficient (Wildman–Crippen LogP) is 4.71. The van der Waals surface area contributed by atoms with Gasteiger partial charge >= 0.3 is 0 Å². The number of benzene rings is 3. The molecule has 0 aliphatic rings. The quantitative estimate of drug-likeness (QED) is 0.298. The molecule has 0 aromatic heterocycles.